The highest BCUT2D eigenvalue weighted by Gasteiger charge is 2.15. The van der Waals surface area contributed by atoms with Gasteiger partial charge in [-0.2, -0.15) is 0 Å². The van der Waals surface area contributed by atoms with Crippen LogP contribution in [0.15, 0.2) is 89.5 Å². The summed E-state index contributed by atoms with van der Waals surface area (Å²) < 4.78 is 9.88. The van der Waals surface area contributed by atoms with Crippen molar-refractivity contribution in [3.05, 3.63) is 95.7 Å². The van der Waals surface area contributed by atoms with Crippen LogP contribution in [0.2, 0.25) is 0 Å². The van der Waals surface area contributed by atoms with Gasteiger partial charge in [-0.25, -0.2) is 0 Å². The second-order valence-corrected chi connectivity index (χ2v) is 8.05. The molecule has 3 aromatic rings. The van der Waals surface area contributed by atoms with Gasteiger partial charge < -0.3 is 20.1 Å². The average molecular weight is 477 g/mol. The van der Waals surface area contributed by atoms with Gasteiger partial charge in [0.05, 0.1) is 20.0 Å². The van der Waals surface area contributed by atoms with Gasteiger partial charge in [0.2, 0.25) is 0 Å². The lowest BCUT2D eigenvalue weighted by molar-refractivity contribution is -0.137. The quantitative estimate of drug-likeness (QED) is 0.271. The predicted molar refractivity (Wildman–Crippen MR) is 133 cm³/mol. The van der Waals surface area contributed by atoms with Gasteiger partial charge in [-0.15, -0.1) is 11.8 Å². The van der Waals surface area contributed by atoms with Crippen LogP contribution in [0.3, 0.4) is 0 Å². The number of hydrogen-bond acceptors (Lipinski definition) is 6. The molecule has 0 aliphatic rings. The fourth-order valence-electron chi connectivity index (χ4n) is 2.87. The van der Waals surface area contributed by atoms with Crippen LogP contribution in [0.5, 0.6) is 5.75 Å². The molecule has 3 aromatic carbocycles. The van der Waals surface area contributed by atoms with Crippen LogP contribution in [0.4, 0.5) is 5.69 Å². The van der Waals surface area contributed by atoms with Gasteiger partial charge in [-0.1, -0.05) is 30.3 Å². The topological polar surface area (TPSA) is 93.7 Å². The molecule has 2 N–H and O–H groups in total. The molecular weight excluding hydrogens is 452 g/mol. The highest BCUT2D eigenvalue weighted by molar-refractivity contribution is 8.00. The second kappa shape index (κ2) is 12.3. The first-order valence-corrected chi connectivity index (χ1v) is 11.3. The Hall–Kier alpha value is -4.04. The number of hydrogen-bond donors (Lipinski definition) is 2. The van der Waals surface area contributed by atoms with Crippen LogP contribution in [0, 0.1) is 0 Å². The molecule has 7 nitrogen and oxygen atoms in total. The van der Waals surface area contributed by atoms with Gasteiger partial charge in [0, 0.05) is 16.1 Å². The largest absolute Gasteiger partial charge is 0.497 e. The SMILES string of the molecule is COC(=O)CSc1ccc(NC(=O)/C(=C/c2cccc(OC)c2)NC(=O)c2ccccc2)cc1. The summed E-state index contributed by atoms with van der Waals surface area (Å²) in [5.74, 6) is -0.380. The molecule has 34 heavy (non-hydrogen) atoms. The van der Waals surface area contributed by atoms with Crippen LogP contribution >= 0.6 is 11.8 Å². The third-order valence-corrected chi connectivity index (χ3v) is 5.62. The van der Waals surface area contributed by atoms with E-state index in [0.717, 1.165) is 4.90 Å². The van der Waals surface area contributed by atoms with E-state index in [4.69, 9.17) is 4.74 Å². The summed E-state index contributed by atoms with van der Waals surface area (Å²) in [6.07, 6.45) is 1.58. The highest BCUT2D eigenvalue weighted by atomic mass is 32.2. The molecule has 0 aliphatic heterocycles. The number of rotatable bonds is 9. The maximum atomic E-state index is 13.1. The molecule has 0 aliphatic carbocycles. The third kappa shape index (κ3) is 7.25. The lowest BCUT2D eigenvalue weighted by atomic mass is 10.1. The van der Waals surface area contributed by atoms with Gasteiger partial charge >= 0.3 is 5.97 Å². The molecule has 0 saturated carbocycles. The Morgan fingerprint density at radius 1 is 0.912 bits per heavy atom. The fourth-order valence-corrected chi connectivity index (χ4v) is 3.61. The second-order valence-electron chi connectivity index (χ2n) is 7.00. The molecule has 3 rings (SSSR count). The van der Waals surface area contributed by atoms with Gasteiger partial charge in [-0.3, -0.25) is 14.4 Å². The standard InChI is InChI=1S/C26H24N2O5S/c1-32-21-10-6-7-18(15-21)16-23(28-25(30)19-8-4-3-5-9-19)26(31)27-20-11-13-22(14-12-20)34-17-24(29)33-2/h3-16H,17H2,1-2H3,(H,27,31)(H,28,30)/b23-16-. The number of thioether (sulfide) groups is 1. The van der Waals surface area contributed by atoms with Gasteiger partial charge in [-0.05, 0) is 60.2 Å². The molecule has 0 radical (unpaired) electrons. The van der Waals surface area contributed by atoms with Crippen molar-refractivity contribution < 1.29 is 23.9 Å². The normalized spacial score (nSPS) is 10.8. The van der Waals surface area contributed by atoms with Crippen molar-refractivity contribution in [3.8, 4) is 5.75 Å². The lowest BCUT2D eigenvalue weighted by Crippen LogP contribution is -2.30. The van der Waals surface area contributed by atoms with Gasteiger partial charge in [0.1, 0.15) is 11.4 Å². The summed E-state index contributed by atoms with van der Waals surface area (Å²) >= 11 is 1.33. The summed E-state index contributed by atoms with van der Waals surface area (Å²) in [5, 5.41) is 5.50. The van der Waals surface area contributed by atoms with E-state index in [1.54, 1.807) is 86.0 Å². The summed E-state index contributed by atoms with van der Waals surface area (Å²) in [6.45, 7) is 0. The van der Waals surface area contributed by atoms with E-state index >= 15 is 0 Å². The van der Waals surface area contributed by atoms with Crippen molar-refractivity contribution in [1.29, 1.82) is 0 Å². The summed E-state index contributed by atoms with van der Waals surface area (Å²) in [4.78, 5) is 38.0. The van der Waals surface area contributed by atoms with Crippen molar-refractivity contribution in [3.63, 3.8) is 0 Å². The first kappa shape index (κ1) is 24.6. The third-order valence-electron chi connectivity index (χ3n) is 4.63. The number of esters is 1. The highest BCUT2D eigenvalue weighted by Crippen LogP contribution is 2.21. The number of methoxy groups -OCH3 is 2. The van der Waals surface area contributed by atoms with Crippen molar-refractivity contribution in [2.24, 2.45) is 0 Å². The molecule has 174 valence electrons. The molecule has 0 spiro atoms. The molecule has 0 atom stereocenters. The zero-order valence-corrected chi connectivity index (χ0v) is 19.6. The number of amides is 2. The number of benzene rings is 3. The molecule has 2 amide bonds. The van der Waals surface area contributed by atoms with Crippen molar-refractivity contribution in [1.82, 2.24) is 5.32 Å². The number of carbonyl (C=O) groups is 3. The minimum Gasteiger partial charge on any atom is -0.497 e. The average Bonchev–Trinajstić information content (AvgIpc) is 2.88. The zero-order chi connectivity index (χ0) is 24.3. The molecule has 0 fully saturated rings. The summed E-state index contributed by atoms with van der Waals surface area (Å²) in [6, 6.07) is 22.8. The Balaban J connectivity index is 1.79. The van der Waals surface area contributed by atoms with Gasteiger partial charge in [0.15, 0.2) is 0 Å². The number of ether oxygens (including phenoxy) is 2. The zero-order valence-electron chi connectivity index (χ0n) is 18.7. The number of anilines is 1. The predicted octanol–water partition coefficient (Wildman–Crippen LogP) is 4.37. The molecule has 0 bridgehead atoms. The Labute approximate surface area is 202 Å². The first-order chi connectivity index (χ1) is 16.5. The minimum absolute atomic E-state index is 0.0752. The maximum absolute atomic E-state index is 13.1. The van der Waals surface area contributed by atoms with E-state index in [9.17, 15) is 14.4 Å². The number of nitrogens with one attached hydrogen (secondary N) is 2. The van der Waals surface area contributed by atoms with E-state index in [1.165, 1.54) is 18.9 Å². The molecule has 0 aromatic heterocycles. The van der Waals surface area contributed by atoms with Crippen molar-refractivity contribution in [2.75, 3.05) is 25.3 Å². The van der Waals surface area contributed by atoms with E-state index in [0.29, 0.717) is 22.6 Å². The van der Waals surface area contributed by atoms with Gasteiger partial charge in [0.25, 0.3) is 11.8 Å². The molecule has 0 heterocycles. The lowest BCUT2D eigenvalue weighted by Gasteiger charge is -2.12. The Kier molecular flexibility index (Phi) is 8.88. The Bertz CT molecular complexity index is 1180. The fraction of sp³-hybridized carbons (Fsp3) is 0.115. The monoisotopic (exact) mass is 476 g/mol. The van der Waals surface area contributed by atoms with Crippen LogP contribution in [0.1, 0.15) is 15.9 Å². The van der Waals surface area contributed by atoms with Crippen molar-refractivity contribution >= 4 is 41.3 Å². The minimum atomic E-state index is -0.484. The molecular formula is C26H24N2O5S. The van der Waals surface area contributed by atoms with E-state index in [1.807, 2.05) is 6.07 Å². The smallest absolute Gasteiger partial charge is 0.315 e. The van der Waals surface area contributed by atoms with Crippen LogP contribution < -0.4 is 15.4 Å². The van der Waals surface area contributed by atoms with Crippen LogP contribution in [0.25, 0.3) is 6.08 Å². The maximum Gasteiger partial charge on any atom is 0.315 e. The molecule has 8 heteroatoms. The Morgan fingerprint density at radius 2 is 1.65 bits per heavy atom. The van der Waals surface area contributed by atoms with Crippen LogP contribution in [-0.4, -0.2) is 37.8 Å². The molecule has 0 unspecified atom stereocenters. The van der Waals surface area contributed by atoms with E-state index < -0.39 is 11.8 Å². The number of carbonyl (C=O) groups excluding carboxylic acids is 3. The van der Waals surface area contributed by atoms with Crippen molar-refractivity contribution in [2.45, 2.75) is 4.90 Å². The summed E-state index contributed by atoms with van der Waals surface area (Å²) in [5.41, 5.74) is 1.73. The van der Waals surface area contributed by atoms with E-state index in [-0.39, 0.29) is 17.4 Å². The Morgan fingerprint density at radius 3 is 2.32 bits per heavy atom. The van der Waals surface area contributed by atoms with E-state index in [2.05, 4.69) is 15.4 Å². The van der Waals surface area contributed by atoms with Crippen LogP contribution in [-0.2, 0) is 14.3 Å². The molecule has 0 saturated heterocycles. The summed E-state index contributed by atoms with van der Waals surface area (Å²) in [7, 11) is 2.90. The first-order valence-electron chi connectivity index (χ1n) is 10.3.